The molecule has 56 valence electrons. The zero-order valence-electron chi connectivity index (χ0n) is 4.94. The van der Waals surface area contributed by atoms with Crippen LogP contribution >= 0.6 is 29.1 Å². The Labute approximate surface area is 101 Å². The van der Waals surface area contributed by atoms with Gasteiger partial charge in [-0.25, -0.2) is 0 Å². The fourth-order valence-corrected chi connectivity index (χ4v) is 1.61. The molecule has 0 saturated carbocycles. The van der Waals surface area contributed by atoms with Crippen molar-refractivity contribution in [2.75, 3.05) is 0 Å². The Morgan fingerprint density at radius 3 is 1.80 bits per heavy atom. The largest absolute Gasteiger partial charge is 0.116 e. The summed E-state index contributed by atoms with van der Waals surface area (Å²) < 4.78 is 0. The molecule has 0 aliphatic carbocycles. The molecule has 0 radical (unpaired) electrons. The third-order valence-electron chi connectivity index (χ3n) is 0.951. The van der Waals surface area contributed by atoms with Crippen LogP contribution in [0.2, 0.25) is 0 Å². The normalized spacial score (nSPS) is 9.10. The Balaban J connectivity index is 0.000000810. The van der Waals surface area contributed by atoms with Crippen LogP contribution in [0.15, 0.2) is 30.3 Å². The second-order valence-corrected chi connectivity index (χ2v) is 5.10. The fourth-order valence-electron chi connectivity index (χ4n) is 0.541. The van der Waals surface area contributed by atoms with E-state index < -0.39 is 6.63 Å². The molecular weight excluding hydrogens is 214 g/mol. The predicted molar refractivity (Wildman–Crippen MR) is 44.7 cm³/mol. The number of hydrogen-bond donors (Lipinski definition) is 0. The molecule has 10 heavy (non-hydrogen) atoms. The summed E-state index contributed by atoms with van der Waals surface area (Å²) in [6.07, 6.45) is 0. The van der Waals surface area contributed by atoms with Crippen molar-refractivity contribution in [2.24, 2.45) is 0 Å². The van der Waals surface area contributed by atoms with E-state index in [0.29, 0.717) is 0 Å². The molecule has 0 atom stereocenters. The summed E-state index contributed by atoms with van der Waals surface area (Å²) in [7, 11) is 0. The quantitative estimate of drug-likeness (QED) is 0.636. The van der Waals surface area contributed by atoms with Crippen LogP contribution in [-0.2, 0) is 0 Å². The molecule has 4 heteroatoms. The van der Waals surface area contributed by atoms with Gasteiger partial charge in [0.2, 0.25) is 0 Å². The molecule has 0 nitrogen and oxygen atoms in total. The van der Waals surface area contributed by atoms with Crippen LogP contribution in [0, 0.1) is 37.7 Å². The van der Waals surface area contributed by atoms with Crippen molar-refractivity contribution in [3.63, 3.8) is 0 Å². The van der Waals surface area contributed by atoms with Crippen LogP contribution in [-0.4, -0.2) is 0 Å². The van der Waals surface area contributed by atoms with Crippen LogP contribution < -0.4 is 5.30 Å². The van der Waals surface area contributed by atoms with Gasteiger partial charge < -0.3 is 0 Å². The molecule has 0 spiro atoms. The average Bonchev–Trinajstić information content (AvgIpc) is 1.90. The van der Waals surface area contributed by atoms with Crippen LogP contribution in [0.4, 0.5) is 0 Å². The molecule has 0 aliphatic rings. The molecule has 0 bridgehead atoms. The van der Waals surface area contributed by atoms with Gasteiger partial charge in [0.25, 0.3) is 0 Å². The van der Waals surface area contributed by atoms with Gasteiger partial charge in [0.1, 0.15) is 6.63 Å². The molecule has 0 aromatic heterocycles. The standard InChI is InChI=1S/C6H5Cl2P.Ar/c7-9(8)6-4-2-1-3-5-6;/h1-5H;. The molecule has 1 aromatic rings. The second-order valence-electron chi connectivity index (χ2n) is 1.57. The molecule has 0 N–H and O–H groups in total. The Hall–Kier alpha value is 1.49. The van der Waals surface area contributed by atoms with Crippen molar-refractivity contribution in [1.82, 2.24) is 0 Å². The van der Waals surface area contributed by atoms with E-state index in [1.807, 2.05) is 30.3 Å². The Kier molecular flexibility index (Phi) is 6.96. The minimum atomic E-state index is -0.951. The van der Waals surface area contributed by atoms with E-state index in [1.54, 1.807) is 0 Å². The molecule has 0 unspecified atom stereocenters. The third-order valence-corrected chi connectivity index (χ3v) is 2.81. The van der Waals surface area contributed by atoms with E-state index in [0.717, 1.165) is 5.30 Å². The Morgan fingerprint density at radius 1 is 1.00 bits per heavy atom. The minimum Gasteiger partial charge on any atom is -0.0727 e. The van der Waals surface area contributed by atoms with Crippen molar-refractivity contribution < 1.29 is 37.7 Å². The van der Waals surface area contributed by atoms with Gasteiger partial charge >= 0.3 is 0 Å². The molecule has 1 aromatic carbocycles. The van der Waals surface area contributed by atoms with Gasteiger partial charge in [0.15, 0.2) is 0 Å². The van der Waals surface area contributed by atoms with Crippen LogP contribution in [0.3, 0.4) is 0 Å². The van der Waals surface area contributed by atoms with Gasteiger partial charge in [0, 0.05) is 43.0 Å². The Bertz CT molecular complexity index is 178. The number of rotatable bonds is 1. The summed E-state index contributed by atoms with van der Waals surface area (Å²) in [4.78, 5) is 0. The van der Waals surface area contributed by atoms with Gasteiger partial charge in [-0.3, -0.25) is 0 Å². The zero-order chi connectivity index (χ0) is 6.69. The van der Waals surface area contributed by atoms with Crippen molar-refractivity contribution in [1.29, 1.82) is 0 Å². The van der Waals surface area contributed by atoms with E-state index in [2.05, 4.69) is 0 Å². The summed E-state index contributed by atoms with van der Waals surface area (Å²) >= 11 is 11.3. The fraction of sp³-hybridized carbons (Fsp3) is 0. The van der Waals surface area contributed by atoms with Gasteiger partial charge in [-0.05, 0) is 0 Å². The molecule has 0 saturated heterocycles. The smallest absolute Gasteiger partial charge is 0.0727 e. The number of halogens is 2. The number of hydrogen-bond acceptors (Lipinski definition) is 0. The van der Waals surface area contributed by atoms with E-state index in [4.69, 9.17) is 22.5 Å². The minimum absolute atomic E-state index is 0. The summed E-state index contributed by atoms with van der Waals surface area (Å²) in [6.45, 7) is -0.951. The van der Waals surface area contributed by atoms with Gasteiger partial charge in [-0.15, -0.1) is 0 Å². The van der Waals surface area contributed by atoms with E-state index in [1.165, 1.54) is 0 Å². The first-order chi connectivity index (χ1) is 4.30. The molecule has 0 heterocycles. The molecule has 0 aliphatic heterocycles. The summed E-state index contributed by atoms with van der Waals surface area (Å²) in [6, 6.07) is 9.64. The first-order valence-electron chi connectivity index (χ1n) is 2.47. The number of benzene rings is 1. The second kappa shape index (κ2) is 6.06. The Morgan fingerprint density at radius 2 is 1.50 bits per heavy atom. The van der Waals surface area contributed by atoms with E-state index >= 15 is 0 Å². The molecule has 1 rings (SSSR count). The van der Waals surface area contributed by atoms with Gasteiger partial charge in [-0.2, -0.15) is 0 Å². The third kappa shape index (κ3) is 3.76. The van der Waals surface area contributed by atoms with Gasteiger partial charge in [0.05, 0.1) is 0 Å². The van der Waals surface area contributed by atoms with Crippen LogP contribution in [0.5, 0.6) is 0 Å². The van der Waals surface area contributed by atoms with Crippen molar-refractivity contribution >= 4 is 34.4 Å². The van der Waals surface area contributed by atoms with Crippen molar-refractivity contribution in [3.8, 4) is 0 Å². The molecule has 0 amide bonds. The monoisotopic (exact) mass is 218 g/mol. The molecular formula is C6H5ArCl2P. The van der Waals surface area contributed by atoms with E-state index in [-0.39, 0.29) is 37.7 Å². The SMILES string of the molecule is ClP(Cl)c1ccccc1.[Ar]. The van der Waals surface area contributed by atoms with E-state index in [9.17, 15) is 0 Å². The predicted octanol–water partition coefficient (Wildman–Crippen LogP) is 3.10. The first kappa shape index (κ1) is 11.5. The maximum Gasteiger partial charge on any atom is 0.116 e. The van der Waals surface area contributed by atoms with Crippen molar-refractivity contribution in [3.05, 3.63) is 30.3 Å². The van der Waals surface area contributed by atoms with Crippen LogP contribution in [0.25, 0.3) is 0 Å². The maximum atomic E-state index is 5.63. The van der Waals surface area contributed by atoms with Crippen LogP contribution in [0.1, 0.15) is 0 Å². The van der Waals surface area contributed by atoms with Crippen molar-refractivity contribution in [2.45, 2.75) is 0 Å². The molecule has 0 fully saturated rings. The van der Waals surface area contributed by atoms with Gasteiger partial charge in [-0.1, -0.05) is 52.8 Å². The first-order valence-corrected chi connectivity index (χ1v) is 5.62. The summed E-state index contributed by atoms with van der Waals surface area (Å²) in [5, 5.41) is 1.01. The topological polar surface area (TPSA) is 0 Å². The summed E-state index contributed by atoms with van der Waals surface area (Å²) in [5.41, 5.74) is 0. The zero-order valence-corrected chi connectivity index (χ0v) is 8.06. The summed E-state index contributed by atoms with van der Waals surface area (Å²) in [5.74, 6) is 0. The maximum absolute atomic E-state index is 5.63. The average molecular weight is 219 g/mol.